The maximum absolute atomic E-state index is 6.01. The van der Waals surface area contributed by atoms with E-state index in [4.69, 9.17) is 10.5 Å². The van der Waals surface area contributed by atoms with E-state index >= 15 is 0 Å². The minimum absolute atomic E-state index is 0.478. The summed E-state index contributed by atoms with van der Waals surface area (Å²) in [5.41, 5.74) is 6.93. The molecule has 5 nitrogen and oxygen atoms in total. The van der Waals surface area contributed by atoms with Crippen LogP contribution in [-0.4, -0.2) is 37.6 Å². The van der Waals surface area contributed by atoms with Crippen molar-refractivity contribution in [1.82, 2.24) is 4.90 Å². The Kier molecular flexibility index (Phi) is 6.30. The highest BCUT2D eigenvalue weighted by atomic mass is 32.1. The van der Waals surface area contributed by atoms with Gasteiger partial charge in [0.1, 0.15) is 5.75 Å². The molecule has 25 heavy (non-hydrogen) atoms. The Morgan fingerprint density at radius 1 is 1.28 bits per heavy atom. The van der Waals surface area contributed by atoms with Gasteiger partial charge in [0.15, 0.2) is 5.96 Å². The first kappa shape index (κ1) is 17.8. The fourth-order valence-corrected chi connectivity index (χ4v) is 3.79. The summed E-state index contributed by atoms with van der Waals surface area (Å²) in [6.45, 7) is 4.16. The number of ether oxygens (including phenoxy) is 1. The minimum Gasteiger partial charge on any atom is -0.497 e. The first-order valence-electron chi connectivity index (χ1n) is 8.68. The average Bonchev–Trinajstić information content (AvgIpc) is 3.15. The summed E-state index contributed by atoms with van der Waals surface area (Å²) in [5, 5.41) is 5.28. The number of guanidine groups is 1. The first-order chi connectivity index (χ1) is 12.2. The fourth-order valence-electron chi connectivity index (χ4n) is 3.04. The second-order valence-electron chi connectivity index (χ2n) is 6.38. The summed E-state index contributed by atoms with van der Waals surface area (Å²) in [7, 11) is 1.66. The number of rotatable bonds is 6. The molecule has 1 aromatic heterocycles. The van der Waals surface area contributed by atoms with Gasteiger partial charge in [-0.15, -0.1) is 11.3 Å². The number of thiophene rings is 1. The molecule has 0 bridgehead atoms. The van der Waals surface area contributed by atoms with E-state index in [1.54, 1.807) is 7.11 Å². The number of hydrogen-bond donors (Lipinski definition) is 2. The lowest BCUT2D eigenvalue weighted by Gasteiger charge is -2.30. The summed E-state index contributed by atoms with van der Waals surface area (Å²) >= 11 is 1.84. The van der Waals surface area contributed by atoms with Crippen LogP contribution >= 0.6 is 11.3 Å². The third-order valence-corrected chi connectivity index (χ3v) is 5.41. The van der Waals surface area contributed by atoms with E-state index in [1.807, 2.05) is 35.6 Å². The smallest absolute Gasteiger partial charge is 0.193 e. The molecule has 0 amide bonds. The highest BCUT2D eigenvalue weighted by Crippen LogP contribution is 2.21. The summed E-state index contributed by atoms with van der Waals surface area (Å²) in [4.78, 5) is 8.50. The lowest BCUT2D eigenvalue weighted by molar-refractivity contribution is 0.182. The van der Waals surface area contributed by atoms with E-state index in [2.05, 4.69) is 32.7 Å². The maximum atomic E-state index is 6.01. The predicted octanol–water partition coefficient (Wildman–Crippen LogP) is 3.40. The van der Waals surface area contributed by atoms with Gasteiger partial charge in [-0.2, -0.15) is 0 Å². The molecule has 0 unspecified atom stereocenters. The van der Waals surface area contributed by atoms with Crippen molar-refractivity contribution < 1.29 is 4.74 Å². The maximum Gasteiger partial charge on any atom is 0.193 e. The molecule has 3 rings (SSSR count). The molecule has 2 aromatic rings. The molecule has 1 aliphatic rings. The fraction of sp³-hybridized carbons (Fsp3) is 0.421. The van der Waals surface area contributed by atoms with Crippen molar-refractivity contribution in [2.24, 2.45) is 16.6 Å². The van der Waals surface area contributed by atoms with Gasteiger partial charge < -0.3 is 15.8 Å². The minimum atomic E-state index is 0.478. The van der Waals surface area contributed by atoms with Crippen LogP contribution in [0.1, 0.15) is 17.7 Å². The SMILES string of the molecule is COc1ccc(NC(N)=NCC2CCN(Cc3cccs3)CC2)cc1. The molecule has 1 aromatic carbocycles. The van der Waals surface area contributed by atoms with Crippen LogP contribution in [0.15, 0.2) is 46.8 Å². The molecular weight excluding hydrogens is 332 g/mol. The molecule has 134 valence electrons. The zero-order valence-electron chi connectivity index (χ0n) is 14.6. The van der Waals surface area contributed by atoms with Crippen LogP contribution in [0.4, 0.5) is 5.69 Å². The van der Waals surface area contributed by atoms with Crippen LogP contribution in [0.3, 0.4) is 0 Å². The van der Waals surface area contributed by atoms with Gasteiger partial charge in [0.2, 0.25) is 0 Å². The normalized spacial score (nSPS) is 16.8. The van der Waals surface area contributed by atoms with E-state index < -0.39 is 0 Å². The number of nitrogens with two attached hydrogens (primary N) is 1. The van der Waals surface area contributed by atoms with Crippen molar-refractivity contribution in [3.63, 3.8) is 0 Å². The van der Waals surface area contributed by atoms with Crippen LogP contribution in [0.5, 0.6) is 5.75 Å². The summed E-state index contributed by atoms with van der Waals surface area (Å²) < 4.78 is 5.15. The molecule has 6 heteroatoms. The van der Waals surface area contributed by atoms with Gasteiger partial charge in [0, 0.05) is 23.7 Å². The molecule has 1 saturated heterocycles. The Bertz CT molecular complexity index is 661. The van der Waals surface area contributed by atoms with Gasteiger partial charge in [0.25, 0.3) is 0 Å². The van der Waals surface area contributed by atoms with Crippen LogP contribution in [0, 0.1) is 5.92 Å². The molecule has 0 radical (unpaired) electrons. The number of nitrogens with one attached hydrogen (secondary N) is 1. The monoisotopic (exact) mass is 358 g/mol. The Labute approximate surface area is 153 Å². The zero-order chi connectivity index (χ0) is 17.5. The second-order valence-corrected chi connectivity index (χ2v) is 7.41. The number of aliphatic imine (C=N–C) groups is 1. The number of anilines is 1. The molecule has 1 fully saturated rings. The van der Waals surface area contributed by atoms with E-state index in [0.717, 1.165) is 37.6 Å². The number of benzene rings is 1. The van der Waals surface area contributed by atoms with E-state index in [0.29, 0.717) is 11.9 Å². The lowest BCUT2D eigenvalue weighted by Crippen LogP contribution is -2.34. The van der Waals surface area contributed by atoms with Gasteiger partial charge in [-0.05, 0) is 67.6 Å². The number of hydrogen-bond acceptors (Lipinski definition) is 4. The Morgan fingerprint density at radius 3 is 2.68 bits per heavy atom. The van der Waals surface area contributed by atoms with Gasteiger partial charge in [-0.1, -0.05) is 6.07 Å². The highest BCUT2D eigenvalue weighted by Gasteiger charge is 2.19. The van der Waals surface area contributed by atoms with Crippen molar-refractivity contribution >= 4 is 23.0 Å². The molecule has 0 atom stereocenters. The summed E-state index contributed by atoms with van der Waals surface area (Å²) in [6.07, 6.45) is 2.37. The topological polar surface area (TPSA) is 62.9 Å². The highest BCUT2D eigenvalue weighted by molar-refractivity contribution is 7.09. The third-order valence-electron chi connectivity index (χ3n) is 4.55. The Balaban J connectivity index is 1.41. The predicted molar refractivity (Wildman–Crippen MR) is 105 cm³/mol. The van der Waals surface area contributed by atoms with Crippen LogP contribution < -0.4 is 15.8 Å². The summed E-state index contributed by atoms with van der Waals surface area (Å²) in [5.74, 6) is 1.93. The average molecular weight is 359 g/mol. The molecule has 0 spiro atoms. The van der Waals surface area contributed by atoms with Gasteiger partial charge >= 0.3 is 0 Å². The van der Waals surface area contributed by atoms with Crippen molar-refractivity contribution in [2.45, 2.75) is 19.4 Å². The molecule has 2 heterocycles. The van der Waals surface area contributed by atoms with E-state index in [1.165, 1.54) is 17.7 Å². The standard InChI is InChI=1S/C19H26N4OS/c1-24-17-6-4-16(5-7-17)22-19(20)21-13-15-8-10-23(11-9-15)14-18-3-2-12-25-18/h2-7,12,15H,8-11,13-14H2,1H3,(H3,20,21,22). The molecular formula is C19H26N4OS. The molecule has 1 aliphatic heterocycles. The molecule has 0 saturated carbocycles. The zero-order valence-corrected chi connectivity index (χ0v) is 15.5. The van der Waals surface area contributed by atoms with Gasteiger partial charge in [-0.3, -0.25) is 9.89 Å². The third kappa shape index (κ3) is 5.47. The Hall–Kier alpha value is -2.05. The van der Waals surface area contributed by atoms with Gasteiger partial charge in [0.05, 0.1) is 7.11 Å². The molecule has 0 aliphatic carbocycles. The lowest BCUT2D eigenvalue weighted by atomic mass is 9.97. The second kappa shape index (κ2) is 8.87. The van der Waals surface area contributed by atoms with Crippen LogP contribution in [-0.2, 0) is 6.54 Å². The quantitative estimate of drug-likeness (QED) is 0.614. The Morgan fingerprint density at radius 2 is 2.04 bits per heavy atom. The molecule has 3 N–H and O–H groups in total. The number of piperidine rings is 1. The van der Waals surface area contributed by atoms with Crippen molar-refractivity contribution in [3.05, 3.63) is 46.7 Å². The number of nitrogens with zero attached hydrogens (tertiary/aromatic N) is 2. The van der Waals surface area contributed by atoms with Crippen molar-refractivity contribution in [1.29, 1.82) is 0 Å². The van der Waals surface area contributed by atoms with Gasteiger partial charge in [-0.25, -0.2) is 0 Å². The summed E-state index contributed by atoms with van der Waals surface area (Å²) in [6, 6.07) is 12.0. The van der Waals surface area contributed by atoms with E-state index in [-0.39, 0.29) is 0 Å². The van der Waals surface area contributed by atoms with Crippen molar-refractivity contribution in [3.8, 4) is 5.75 Å². The number of methoxy groups -OCH3 is 1. The van der Waals surface area contributed by atoms with Crippen LogP contribution in [0.2, 0.25) is 0 Å². The largest absolute Gasteiger partial charge is 0.497 e. The van der Waals surface area contributed by atoms with E-state index in [9.17, 15) is 0 Å². The van der Waals surface area contributed by atoms with Crippen molar-refractivity contribution in [2.75, 3.05) is 32.1 Å². The van der Waals surface area contributed by atoms with Crippen LogP contribution in [0.25, 0.3) is 0 Å². The first-order valence-corrected chi connectivity index (χ1v) is 9.56. The number of likely N-dealkylation sites (tertiary alicyclic amines) is 1.